The van der Waals surface area contributed by atoms with Crippen LogP contribution in [0.1, 0.15) is 19.8 Å². The minimum absolute atomic E-state index is 0.00227. The number of carbonyl (C=O) groups excluding carboxylic acids is 4. The van der Waals surface area contributed by atoms with Crippen molar-refractivity contribution in [1.82, 2.24) is 15.1 Å². The Balaban J connectivity index is 1.95. The van der Waals surface area contributed by atoms with E-state index in [-0.39, 0.29) is 18.1 Å². The molecule has 0 bridgehead atoms. The molecule has 10 heteroatoms. The fourth-order valence-electron chi connectivity index (χ4n) is 2.44. The molecule has 0 aliphatic carbocycles. The molecule has 5 amide bonds. The van der Waals surface area contributed by atoms with E-state index in [2.05, 4.69) is 5.32 Å². The van der Waals surface area contributed by atoms with Gasteiger partial charge in [0.15, 0.2) is 9.84 Å². The van der Waals surface area contributed by atoms with Gasteiger partial charge >= 0.3 is 17.8 Å². The van der Waals surface area contributed by atoms with Gasteiger partial charge in [-0.05, 0) is 12.8 Å². The second kappa shape index (κ2) is 6.03. The van der Waals surface area contributed by atoms with Gasteiger partial charge in [0.25, 0.3) is 0 Å². The minimum atomic E-state index is -3.14. The Morgan fingerprint density at radius 1 is 1.23 bits per heavy atom. The average Bonchev–Trinajstić information content (AvgIpc) is 2.86. The summed E-state index contributed by atoms with van der Waals surface area (Å²) >= 11 is 0. The third-order valence-corrected chi connectivity index (χ3v) is 5.25. The van der Waals surface area contributed by atoms with Gasteiger partial charge in [-0.1, -0.05) is 6.92 Å². The van der Waals surface area contributed by atoms with Gasteiger partial charge < -0.3 is 5.32 Å². The minimum Gasteiger partial charge on any atom is -0.351 e. The summed E-state index contributed by atoms with van der Waals surface area (Å²) in [5.41, 5.74) is 0. The molecule has 0 aromatic carbocycles. The summed E-state index contributed by atoms with van der Waals surface area (Å²) in [5.74, 6) is -2.78. The number of urea groups is 1. The van der Waals surface area contributed by atoms with Gasteiger partial charge in [0.1, 0.15) is 6.54 Å². The second-order valence-electron chi connectivity index (χ2n) is 5.30. The highest BCUT2D eigenvalue weighted by atomic mass is 32.2. The van der Waals surface area contributed by atoms with Crippen molar-refractivity contribution >= 4 is 33.6 Å². The first kappa shape index (κ1) is 16.4. The smallest absolute Gasteiger partial charge is 0.334 e. The summed E-state index contributed by atoms with van der Waals surface area (Å²) < 4.78 is 22.6. The molecule has 1 N–H and O–H groups in total. The first-order valence-electron chi connectivity index (χ1n) is 6.92. The maximum absolute atomic E-state index is 11.9. The molecular weight excluding hydrogens is 314 g/mol. The Morgan fingerprint density at radius 3 is 2.41 bits per heavy atom. The highest BCUT2D eigenvalue weighted by molar-refractivity contribution is 7.91. The standard InChI is InChI=1S/C12H17N3O6S/c1-2-4-14-10(17)11(18)15(12(14)19)6-9(16)13-8-3-5-22(20,21)7-8/h8H,2-7H2,1H3,(H,13,16)/t8-/m1/s1. The van der Waals surface area contributed by atoms with Gasteiger partial charge in [-0.3, -0.25) is 19.3 Å². The molecule has 22 heavy (non-hydrogen) atoms. The Bertz CT molecular complexity index is 629. The van der Waals surface area contributed by atoms with Crippen LogP contribution < -0.4 is 5.32 Å². The second-order valence-corrected chi connectivity index (χ2v) is 7.53. The van der Waals surface area contributed by atoms with Crippen LogP contribution in [0, 0.1) is 0 Å². The highest BCUT2D eigenvalue weighted by Gasteiger charge is 2.44. The molecule has 2 aliphatic rings. The maximum atomic E-state index is 11.9. The average molecular weight is 331 g/mol. The number of rotatable bonds is 5. The van der Waals surface area contributed by atoms with Gasteiger partial charge in [-0.25, -0.2) is 18.1 Å². The van der Waals surface area contributed by atoms with Crippen molar-refractivity contribution in [3.63, 3.8) is 0 Å². The summed E-state index contributed by atoms with van der Waals surface area (Å²) in [4.78, 5) is 48.5. The zero-order valence-electron chi connectivity index (χ0n) is 12.1. The number of nitrogens with one attached hydrogen (secondary N) is 1. The lowest BCUT2D eigenvalue weighted by Gasteiger charge is -2.16. The molecule has 0 unspecified atom stereocenters. The molecule has 0 saturated carbocycles. The number of imide groups is 2. The van der Waals surface area contributed by atoms with Crippen molar-refractivity contribution in [1.29, 1.82) is 0 Å². The summed E-state index contributed by atoms with van der Waals surface area (Å²) in [5, 5.41) is 2.47. The fraction of sp³-hybridized carbons (Fsp3) is 0.667. The summed E-state index contributed by atoms with van der Waals surface area (Å²) in [7, 11) is -3.14. The van der Waals surface area contributed by atoms with Crippen LogP contribution in [0.25, 0.3) is 0 Å². The first-order valence-corrected chi connectivity index (χ1v) is 8.74. The Kier molecular flexibility index (Phi) is 4.50. The molecule has 122 valence electrons. The predicted octanol–water partition coefficient (Wildman–Crippen LogP) is -1.51. The van der Waals surface area contributed by atoms with Gasteiger partial charge in [-0.2, -0.15) is 0 Å². The third-order valence-electron chi connectivity index (χ3n) is 3.48. The summed E-state index contributed by atoms with van der Waals surface area (Å²) in [6.45, 7) is 1.28. The van der Waals surface area contributed by atoms with Gasteiger partial charge in [-0.15, -0.1) is 0 Å². The van der Waals surface area contributed by atoms with Crippen LogP contribution in [0.5, 0.6) is 0 Å². The quantitative estimate of drug-likeness (QED) is 0.483. The molecule has 1 atom stereocenters. The van der Waals surface area contributed by atoms with Crippen LogP contribution in [0.15, 0.2) is 0 Å². The van der Waals surface area contributed by atoms with Crippen molar-refractivity contribution < 1.29 is 27.6 Å². The van der Waals surface area contributed by atoms with E-state index in [9.17, 15) is 27.6 Å². The first-order chi connectivity index (χ1) is 10.2. The summed E-state index contributed by atoms with van der Waals surface area (Å²) in [6, 6.07) is -1.33. The zero-order chi connectivity index (χ0) is 16.5. The third kappa shape index (κ3) is 3.26. The maximum Gasteiger partial charge on any atom is 0.334 e. The van der Waals surface area contributed by atoms with Crippen molar-refractivity contribution in [3.05, 3.63) is 0 Å². The summed E-state index contributed by atoms with van der Waals surface area (Å²) in [6.07, 6.45) is 0.807. The molecule has 2 saturated heterocycles. The molecule has 2 fully saturated rings. The SMILES string of the molecule is CCCN1C(=O)C(=O)N(CC(=O)N[C@@H]2CCS(=O)(=O)C2)C1=O. The van der Waals surface area contributed by atoms with Crippen molar-refractivity contribution in [2.24, 2.45) is 0 Å². The van der Waals surface area contributed by atoms with E-state index in [0.29, 0.717) is 17.7 Å². The van der Waals surface area contributed by atoms with E-state index in [1.165, 1.54) is 0 Å². The van der Waals surface area contributed by atoms with Crippen LogP contribution in [0.4, 0.5) is 4.79 Å². The number of hydrogen-bond donors (Lipinski definition) is 1. The lowest BCUT2D eigenvalue weighted by Crippen LogP contribution is -2.45. The van der Waals surface area contributed by atoms with E-state index < -0.39 is 46.2 Å². The number of sulfone groups is 1. The Hall–Kier alpha value is -1.97. The van der Waals surface area contributed by atoms with Crippen molar-refractivity contribution in [3.8, 4) is 0 Å². The van der Waals surface area contributed by atoms with E-state index in [1.54, 1.807) is 6.92 Å². The fourth-order valence-corrected chi connectivity index (χ4v) is 4.11. The molecule has 0 aromatic heterocycles. The van der Waals surface area contributed by atoms with Crippen molar-refractivity contribution in [2.45, 2.75) is 25.8 Å². The van der Waals surface area contributed by atoms with E-state index in [1.807, 2.05) is 0 Å². The van der Waals surface area contributed by atoms with Crippen LogP contribution in [-0.2, 0) is 24.2 Å². The highest BCUT2D eigenvalue weighted by Crippen LogP contribution is 2.14. The number of carbonyl (C=O) groups is 4. The molecule has 9 nitrogen and oxygen atoms in total. The Labute approximate surface area is 127 Å². The van der Waals surface area contributed by atoms with Crippen LogP contribution in [0.3, 0.4) is 0 Å². The van der Waals surface area contributed by atoms with E-state index in [0.717, 1.165) is 4.90 Å². The predicted molar refractivity (Wildman–Crippen MR) is 74.3 cm³/mol. The number of amides is 5. The van der Waals surface area contributed by atoms with E-state index >= 15 is 0 Å². The monoisotopic (exact) mass is 331 g/mol. The molecule has 2 heterocycles. The normalized spacial score (nSPS) is 24.2. The van der Waals surface area contributed by atoms with Crippen molar-refractivity contribution in [2.75, 3.05) is 24.6 Å². The van der Waals surface area contributed by atoms with E-state index in [4.69, 9.17) is 0 Å². The van der Waals surface area contributed by atoms with Crippen LogP contribution in [-0.4, -0.2) is 72.6 Å². The molecular formula is C12H17N3O6S. The topological polar surface area (TPSA) is 121 Å². The molecule has 2 aliphatic heterocycles. The number of nitrogens with zero attached hydrogens (tertiary/aromatic N) is 2. The molecule has 0 aromatic rings. The van der Waals surface area contributed by atoms with Crippen LogP contribution in [0.2, 0.25) is 0 Å². The largest absolute Gasteiger partial charge is 0.351 e. The lowest BCUT2D eigenvalue weighted by molar-refractivity contribution is -0.144. The van der Waals surface area contributed by atoms with Crippen LogP contribution >= 0.6 is 0 Å². The Morgan fingerprint density at radius 2 is 1.86 bits per heavy atom. The van der Waals surface area contributed by atoms with Gasteiger partial charge in [0.2, 0.25) is 5.91 Å². The zero-order valence-corrected chi connectivity index (χ0v) is 12.9. The van der Waals surface area contributed by atoms with Gasteiger partial charge in [0.05, 0.1) is 11.5 Å². The molecule has 0 radical (unpaired) electrons. The molecule has 0 spiro atoms. The number of hydrogen-bond acceptors (Lipinski definition) is 6. The lowest BCUT2D eigenvalue weighted by atomic mass is 10.2. The van der Waals surface area contributed by atoms with Gasteiger partial charge in [0, 0.05) is 12.6 Å². The molecule has 2 rings (SSSR count).